The van der Waals surface area contributed by atoms with Crippen LogP contribution in [-0.4, -0.2) is 65.2 Å². The fourth-order valence-corrected chi connectivity index (χ4v) is 0. The third-order valence-electron chi connectivity index (χ3n) is 0. The number of carbonyl (C=O) groups is 1. The second kappa shape index (κ2) is 9.96. The van der Waals surface area contributed by atoms with Gasteiger partial charge in [-0.25, -0.2) is 4.79 Å². The quantitative estimate of drug-likeness (QED) is 0.437. The molecule has 30 valence electrons. The summed E-state index contributed by atoms with van der Waals surface area (Å²) in [5, 5.41) is 13.9. The Morgan fingerprint density at radius 1 is 1.50 bits per heavy atom. The maximum absolute atomic E-state index is 8.56. The van der Waals surface area contributed by atoms with E-state index in [1.165, 1.54) is 0 Å². The van der Waals surface area contributed by atoms with Crippen molar-refractivity contribution in [1.29, 1.82) is 0 Å². The summed E-state index contributed by atoms with van der Waals surface area (Å²) < 4.78 is 0. The van der Waals surface area contributed by atoms with Crippen LogP contribution in [0.2, 0.25) is 0 Å². The molecule has 0 atom stereocenters. The second-order valence-electron chi connectivity index (χ2n) is 0.283. The predicted molar refractivity (Wildman–Crippen MR) is 19.7 cm³/mol. The molecular weight excluding hydrogens is 220 g/mol. The molecule has 0 aromatic rings. The molecule has 0 aliphatic heterocycles. The second-order valence-corrected chi connectivity index (χ2v) is 0.283. The van der Waals surface area contributed by atoms with Crippen LogP contribution in [0, 0.1) is 0 Å². The van der Waals surface area contributed by atoms with E-state index in [0.29, 0.717) is 0 Å². The predicted octanol–water partition coefficient (Wildman–Crippen LogP) is -2.82. The topological polar surface area (TPSA) is 57.5 Å². The first-order valence-electron chi connectivity index (χ1n) is 0.651. The Balaban J connectivity index is -0.00000000450. The summed E-state index contributed by atoms with van der Waals surface area (Å²) in [5.74, 6) is 0. The molecule has 0 aromatic heterocycles. The van der Waals surface area contributed by atoms with Crippen LogP contribution in [0.25, 0.3) is 0 Å². The zero-order chi connectivity index (χ0) is 3.58. The van der Waals surface area contributed by atoms with Crippen LogP contribution in [0.4, 0.5) is 4.79 Å². The van der Waals surface area contributed by atoms with Gasteiger partial charge >= 0.3 is 84.6 Å². The van der Waals surface area contributed by atoms with Crippen LogP contribution in [0.15, 0.2) is 0 Å². The molecule has 3 nitrogen and oxygen atoms in total. The summed E-state index contributed by atoms with van der Waals surface area (Å²) in [4.78, 5) is 8.56. The van der Waals surface area contributed by atoms with Crippen LogP contribution in [0.1, 0.15) is 4.28 Å². The van der Waals surface area contributed by atoms with Gasteiger partial charge in [0.15, 0.2) is 0 Å². The van der Waals surface area contributed by atoms with Crippen LogP contribution >= 0.6 is 0 Å². The molecule has 0 amide bonds. The zero-order valence-electron chi connectivity index (χ0n) is 6.51. The van der Waals surface area contributed by atoms with Crippen molar-refractivity contribution in [3.05, 3.63) is 0 Å². The largest absolute Gasteiger partial charge is 2.00 e. The standard InChI is InChI=1S/CH2O3.Ba.Na.3H/c2-1(3)4;;;;;/h(H2,2,3,4);;;;;/q;+2;+1;3*-1. The molecule has 5 heteroatoms. The van der Waals surface area contributed by atoms with Crippen LogP contribution in [0.5, 0.6) is 0 Å². The van der Waals surface area contributed by atoms with E-state index in [4.69, 9.17) is 15.0 Å². The molecule has 0 aromatic carbocycles. The Bertz CT molecular complexity index is 42.0. The minimum Gasteiger partial charge on any atom is -1.00 e. The van der Waals surface area contributed by atoms with Crippen molar-refractivity contribution >= 4 is 55.0 Å². The molecule has 0 bridgehead atoms. The van der Waals surface area contributed by atoms with Gasteiger partial charge in [-0.3, -0.25) is 0 Å². The Morgan fingerprint density at radius 3 is 1.50 bits per heavy atom. The van der Waals surface area contributed by atoms with Gasteiger partial charge in [0.1, 0.15) is 0 Å². The Labute approximate surface area is 102 Å². The fraction of sp³-hybridized carbons (Fsp3) is 0. The number of carboxylic acid groups (broad SMARTS) is 2. The average Bonchev–Trinajstić information content (AvgIpc) is 0.811. The SMILES string of the molecule is O=C(O)O.[Ba+2].[H-].[H-].[H-].[Na+]. The third kappa shape index (κ3) is 40.4. The van der Waals surface area contributed by atoms with Gasteiger partial charge in [0.05, 0.1) is 0 Å². The van der Waals surface area contributed by atoms with E-state index in [-0.39, 0.29) is 82.7 Å². The molecule has 0 fully saturated rings. The van der Waals surface area contributed by atoms with Crippen molar-refractivity contribution in [1.82, 2.24) is 0 Å². The number of hydrogen-bond acceptors (Lipinski definition) is 1. The zero-order valence-corrected chi connectivity index (χ0v) is 9.95. The summed E-state index contributed by atoms with van der Waals surface area (Å²) >= 11 is 0. The van der Waals surface area contributed by atoms with Gasteiger partial charge in [0.2, 0.25) is 0 Å². The van der Waals surface area contributed by atoms with Crippen molar-refractivity contribution in [2.75, 3.05) is 0 Å². The van der Waals surface area contributed by atoms with E-state index in [2.05, 4.69) is 0 Å². The summed E-state index contributed by atoms with van der Waals surface area (Å²) in [7, 11) is 0. The van der Waals surface area contributed by atoms with Crippen LogP contribution in [0.3, 0.4) is 0 Å². The van der Waals surface area contributed by atoms with E-state index in [9.17, 15) is 0 Å². The van der Waals surface area contributed by atoms with Crippen LogP contribution < -0.4 is 29.6 Å². The molecule has 0 saturated heterocycles. The summed E-state index contributed by atoms with van der Waals surface area (Å²) in [6.07, 6.45) is -1.83. The summed E-state index contributed by atoms with van der Waals surface area (Å²) in [6.45, 7) is 0. The molecule has 0 aliphatic carbocycles. The first-order chi connectivity index (χ1) is 1.73. The smallest absolute Gasteiger partial charge is 1.00 e. The van der Waals surface area contributed by atoms with Crippen molar-refractivity contribution < 1.29 is 48.8 Å². The van der Waals surface area contributed by atoms with Crippen molar-refractivity contribution in [3.8, 4) is 0 Å². The molecule has 0 saturated carbocycles. The average molecular weight is 225 g/mol. The van der Waals surface area contributed by atoms with Gasteiger partial charge in [0.25, 0.3) is 0 Å². The number of hydrogen-bond donors (Lipinski definition) is 2. The summed E-state index contributed by atoms with van der Waals surface area (Å²) in [6, 6.07) is 0. The fourth-order valence-electron chi connectivity index (χ4n) is 0. The molecule has 0 rings (SSSR count). The maximum Gasteiger partial charge on any atom is 2.00 e. The Morgan fingerprint density at radius 2 is 1.50 bits per heavy atom. The van der Waals surface area contributed by atoms with E-state index in [1.807, 2.05) is 0 Å². The first-order valence-corrected chi connectivity index (χ1v) is 0.651. The maximum atomic E-state index is 8.56. The molecule has 0 heterocycles. The molecule has 0 unspecified atom stereocenters. The van der Waals surface area contributed by atoms with Gasteiger partial charge < -0.3 is 14.5 Å². The Kier molecular flexibility index (Phi) is 26.0. The van der Waals surface area contributed by atoms with Crippen molar-refractivity contribution in [3.63, 3.8) is 0 Å². The summed E-state index contributed by atoms with van der Waals surface area (Å²) in [5.41, 5.74) is 0. The minimum atomic E-state index is -1.83. The van der Waals surface area contributed by atoms with Gasteiger partial charge in [-0.2, -0.15) is 0 Å². The molecule has 2 N–H and O–H groups in total. The molecule has 0 spiro atoms. The molecular formula is CH5BaNaO3. The number of rotatable bonds is 0. The van der Waals surface area contributed by atoms with E-state index >= 15 is 0 Å². The van der Waals surface area contributed by atoms with E-state index in [1.54, 1.807) is 0 Å². The minimum absolute atomic E-state index is 0. The molecule has 0 radical (unpaired) electrons. The van der Waals surface area contributed by atoms with Crippen molar-refractivity contribution in [2.24, 2.45) is 0 Å². The molecule has 6 heavy (non-hydrogen) atoms. The van der Waals surface area contributed by atoms with Gasteiger partial charge in [-0.05, 0) is 0 Å². The van der Waals surface area contributed by atoms with Gasteiger partial charge in [-0.1, -0.05) is 0 Å². The van der Waals surface area contributed by atoms with E-state index in [0.717, 1.165) is 0 Å². The first kappa shape index (κ1) is 15.7. The Hall–Kier alpha value is 1.84. The third-order valence-corrected chi connectivity index (χ3v) is 0. The van der Waals surface area contributed by atoms with Crippen LogP contribution in [-0.2, 0) is 0 Å². The van der Waals surface area contributed by atoms with Gasteiger partial charge in [0, 0.05) is 0 Å². The van der Waals surface area contributed by atoms with Gasteiger partial charge in [-0.15, -0.1) is 0 Å². The van der Waals surface area contributed by atoms with Crippen molar-refractivity contribution in [2.45, 2.75) is 0 Å². The normalized spacial score (nSPS) is 4.00. The monoisotopic (exact) mass is 226 g/mol. The van der Waals surface area contributed by atoms with E-state index < -0.39 is 6.16 Å². The molecule has 0 aliphatic rings.